The van der Waals surface area contributed by atoms with Crippen molar-refractivity contribution in [1.29, 1.82) is 0 Å². The number of carbonyl (C=O) groups is 1. The molecule has 0 fully saturated rings. The molecular weight excluding hydrogens is 394 g/mol. The second-order valence-corrected chi connectivity index (χ2v) is 6.59. The Hall–Kier alpha value is -3.11. The number of aromatic nitrogens is 3. The van der Waals surface area contributed by atoms with Crippen molar-refractivity contribution < 1.29 is 14.8 Å². The van der Waals surface area contributed by atoms with E-state index in [1.165, 1.54) is 24.3 Å². The third-order valence-electron chi connectivity index (χ3n) is 3.38. The number of aromatic amines is 1. The van der Waals surface area contributed by atoms with Crippen LogP contribution in [0.25, 0.3) is 11.4 Å². The summed E-state index contributed by atoms with van der Waals surface area (Å²) in [6, 6.07) is 10.6. The molecule has 138 valence electrons. The van der Waals surface area contributed by atoms with Gasteiger partial charge in [0.15, 0.2) is 5.82 Å². The van der Waals surface area contributed by atoms with Gasteiger partial charge in [0.05, 0.1) is 16.2 Å². The number of para-hydroxylation sites is 1. The summed E-state index contributed by atoms with van der Waals surface area (Å²) in [6.45, 7) is 0. The lowest BCUT2D eigenvalue weighted by Gasteiger charge is -2.04. The molecule has 0 aliphatic rings. The fourth-order valence-corrected chi connectivity index (χ4v) is 3.01. The number of amides is 1. The molecule has 3 N–H and O–H groups in total. The first-order chi connectivity index (χ1) is 12.9. The normalized spacial score (nSPS) is 10.6. The van der Waals surface area contributed by atoms with Crippen LogP contribution < -0.4 is 5.32 Å². The number of carbonyl (C=O) groups excluding carboxylic acids is 1. The molecule has 0 radical (unpaired) electrons. The predicted molar refractivity (Wildman–Crippen MR) is 101 cm³/mol. The first-order valence-corrected chi connectivity index (χ1v) is 8.88. The lowest BCUT2D eigenvalue weighted by molar-refractivity contribution is -0.384. The maximum atomic E-state index is 12.0. The molecule has 0 aliphatic carbocycles. The van der Waals surface area contributed by atoms with Crippen molar-refractivity contribution >= 4 is 40.6 Å². The first kappa shape index (κ1) is 18.7. The van der Waals surface area contributed by atoms with Gasteiger partial charge in [-0.3, -0.25) is 20.0 Å². The molecule has 1 heterocycles. The van der Waals surface area contributed by atoms with Gasteiger partial charge in [-0.15, -0.1) is 5.10 Å². The first-order valence-electron chi connectivity index (χ1n) is 7.51. The van der Waals surface area contributed by atoms with Gasteiger partial charge in [-0.1, -0.05) is 35.5 Å². The van der Waals surface area contributed by atoms with E-state index in [1.54, 1.807) is 18.2 Å². The average Bonchev–Trinajstić information content (AvgIpc) is 3.09. The molecule has 0 aliphatic heterocycles. The number of nitro groups is 1. The Labute approximate surface area is 161 Å². The number of H-pyrrole nitrogens is 1. The second-order valence-electron chi connectivity index (χ2n) is 5.24. The number of nitrogens with zero attached hydrogens (tertiary/aromatic N) is 3. The van der Waals surface area contributed by atoms with Crippen molar-refractivity contribution in [2.45, 2.75) is 5.16 Å². The number of thioether (sulfide) groups is 1. The van der Waals surface area contributed by atoms with E-state index < -0.39 is 4.92 Å². The highest BCUT2D eigenvalue weighted by Gasteiger charge is 2.14. The SMILES string of the molecule is O=C(CSc1n[nH]c(-c2ccccc2O)n1)Nc1ccc([N+](=O)[O-])c(Cl)c1. The highest BCUT2D eigenvalue weighted by molar-refractivity contribution is 7.99. The van der Waals surface area contributed by atoms with E-state index in [1.807, 2.05) is 0 Å². The van der Waals surface area contributed by atoms with Crippen LogP contribution in [0.3, 0.4) is 0 Å². The molecule has 0 atom stereocenters. The Morgan fingerprint density at radius 3 is 2.81 bits per heavy atom. The molecule has 0 bridgehead atoms. The van der Waals surface area contributed by atoms with Crippen LogP contribution in [-0.2, 0) is 4.79 Å². The van der Waals surface area contributed by atoms with Crippen LogP contribution in [0, 0.1) is 10.1 Å². The van der Waals surface area contributed by atoms with E-state index >= 15 is 0 Å². The third kappa shape index (κ3) is 4.54. The van der Waals surface area contributed by atoms with Gasteiger partial charge in [-0.25, -0.2) is 4.98 Å². The number of rotatable bonds is 6. The average molecular weight is 406 g/mol. The summed E-state index contributed by atoms with van der Waals surface area (Å²) in [5, 5.41) is 30.1. The van der Waals surface area contributed by atoms with Gasteiger partial charge in [0.25, 0.3) is 5.69 Å². The number of phenolic OH excluding ortho intramolecular Hbond substituents is 1. The van der Waals surface area contributed by atoms with Gasteiger partial charge in [0.2, 0.25) is 11.1 Å². The smallest absolute Gasteiger partial charge is 0.288 e. The van der Waals surface area contributed by atoms with Gasteiger partial charge < -0.3 is 10.4 Å². The summed E-state index contributed by atoms with van der Waals surface area (Å²) >= 11 is 6.90. The molecule has 0 saturated carbocycles. The summed E-state index contributed by atoms with van der Waals surface area (Å²) in [6.07, 6.45) is 0. The lowest BCUT2D eigenvalue weighted by Crippen LogP contribution is -2.14. The van der Waals surface area contributed by atoms with Crippen molar-refractivity contribution in [2.24, 2.45) is 0 Å². The summed E-state index contributed by atoms with van der Waals surface area (Å²) in [5.74, 6) is 0.127. The van der Waals surface area contributed by atoms with Crippen molar-refractivity contribution in [3.63, 3.8) is 0 Å². The molecule has 2 aromatic carbocycles. The Bertz CT molecular complexity index is 1010. The number of nitrogens with one attached hydrogen (secondary N) is 2. The Balaban J connectivity index is 1.59. The van der Waals surface area contributed by atoms with Crippen LogP contribution in [-0.4, -0.2) is 36.9 Å². The van der Waals surface area contributed by atoms with E-state index in [0.717, 1.165) is 11.8 Å². The topological polar surface area (TPSA) is 134 Å². The third-order valence-corrected chi connectivity index (χ3v) is 4.53. The molecule has 1 amide bonds. The largest absolute Gasteiger partial charge is 0.507 e. The van der Waals surface area contributed by atoms with Crippen molar-refractivity contribution in [1.82, 2.24) is 15.2 Å². The number of anilines is 1. The van der Waals surface area contributed by atoms with Gasteiger partial charge >= 0.3 is 0 Å². The number of phenols is 1. The standard InChI is InChI=1S/C16H12ClN5O4S/c17-11-7-9(5-6-12(11)22(25)26)18-14(24)8-27-16-19-15(20-21-16)10-3-1-2-4-13(10)23/h1-7,23H,8H2,(H,18,24)(H,19,20,21). The van der Waals surface area contributed by atoms with Crippen molar-refractivity contribution in [2.75, 3.05) is 11.1 Å². The van der Waals surface area contributed by atoms with Crippen LogP contribution in [0.5, 0.6) is 5.75 Å². The quantitative estimate of drug-likeness (QED) is 0.324. The summed E-state index contributed by atoms with van der Waals surface area (Å²) in [7, 11) is 0. The molecule has 3 aromatic rings. The van der Waals surface area contributed by atoms with E-state index in [0.29, 0.717) is 22.2 Å². The number of nitro benzene ring substituents is 1. The molecule has 0 spiro atoms. The summed E-state index contributed by atoms with van der Waals surface area (Å²) in [4.78, 5) is 26.4. The van der Waals surface area contributed by atoms with Crippen molar-refractivity contribution in [3.05, 3.63) is 57.6 Å². The van der Waals surface area contributed by atoms with E-state index in [9.17, 15) is 20.0 Å². The highest BCUT2D eigenvalue weighted by Crippen LogP contribution is 2.28. The van der Waals surface area contributed by atoms with Crippen LogP contribution in [0.4, 0.5) is 11.4 Å². The molecule has 27 heavy (non-hydrogen) atoms. The van der Waals surface area contributed by atoms with Crippen LogP contribution in [0.2, 0.25) is 5.02 Å². The Morgan fingerprint density at radius 1 is 1.33 bits per heavy atom. The molecule has 9 nitrogen and oxygen atoms in total. The minimum atomic E-state index is -0.602. The number of hydrogen-bond donors (Lipinski definition) is 3. The zero-order chi connectivity index (χ0) is 19.4. The Kier molecular flexibility index (Phi) is 5.57. The van der Waals surface area contributed by atoms with E-state index in [2.05, 4.69) is 20.5 Å². The van der Waals surface area contributed by atoms with Crippen LogP contribution >= 0.6 is 23.4 Å². The predicted octanol–water partition coefficient (Wildman–Crippen LogP) is 3.47. The van der Waals surface area contributed by atoms with E-state index in [-0.39, 0.29) is 28.1 Å². The molecular formula is C16H12ClN5O4S. The lowest BCUT2D eigenvalue weighted by atomic mass is 10.2. The number of benzene rings is 2. The molecule has 1 aromatic heterocycles. The maximum absolute atomic E-state index is 12.0. The monoisotopic (exact) mass is 405 g/mol. The minimum Gasteiger partial charge on any atom is -0.507 e. The fraction of sp³-hybridized carbons (Fsp3) is 0.0625. The summed E-state index contributed by atoms with van der Waals surface area (Å²) in [5.41, 5.74) is 0.615. The highest BCUT2D eigenvalue weighted by atomic mass is 35.5. The number of hydrogen-bond acceptors (Lipinski definition) is 7. The number of aromatic hydroxyl groups is 1. The molecule has 0 saturated heterocycles. The zero-order valence-electron chi connectivity index (χ0n) is 13.5. The zero-order valence-corrected chi connectivity index (χ0v) is 15.1. The fourth-order valence-electron chi connectivity index (χ4n) is 2.17. The van der Waals surface area contributed by atoms with Gasteiger partial charge in [-0.05, 0) is 24.3 Å². The molecule has 11 heteroatoms. The van der Waals surface area contributed by atoms with Gasteiger partial charge in [0.1, 0.15) is 10.8 Å². The van der Waals surface area contributed by atoms with Crippen LogP contribution in [0.1, 0.15) is 0 Å². The Morgan fingerprint density at radius 2 is 2.11 bits per heavy atom. The van der Waals surface area contributed by atoms with Gasteiger partial charge in [-0.2, -0.15) is 0 Å². The number of halogens is 1. The van der Waals surface area contributed by atoms with Gasteiger partial charge in [0, 0.05) is 11.8 Å². The summed E-state index contributed by atoms with van der Waals surface area (Å²) < 4.78 is 0. The molecule has 3 rings (SSSR count). The van der Waals surface area contributed by atoms with Crippen LogP contribution in [0.15, 0.2) is 47.6 Å². The minimum absolute atomic E-state index is 0.0205. The van der Waals surface area contributed by atoms with Crippen molar-refractivity contribution in [3.8, 4) is 17.1 Å². The van der Waals surface area contributed by atoms with E-state index in [4.69, 9.17) is 11.6 Å². The molecule has 0 unspecified atom stereocenters. The second kappa shape index (κ2) is 8.06. The maximum Gasteiger partial charge on any atom is 0.288 e.